The maximum Gasteiger partial charge on any atom is 0.306 e. The Morgan fingerprint density at radius 1 is 1.52 bits per heavy atom. The number of hydrogen-bond donors (Lipinski definition) is 3. The summed E-state index contributed by atoms with van der Waals surface area (Å²) in [5.41, 5.74) is 1.79. The predicted octanol–water partition coefficient (Wildman–Crippen LogP) is 0.788. The van der Waals surface area contributed by atoms with E-state index in [1.165, 1.54) is 0 Å². The number of anilines is 1. The van der Waals surface area contributed by atoms with Crippen molar-refractivity contribution in [2.45, 2.75) is 35.6 Å². The fourth-order valence-electron chi connectivity index (χ4n) is 2.27. The van der Waals surface area contributed by atoms with Gasteiger partial charge in [0, 0.05) is 19.2 Å². The minimum atomic E-state index is -3.81. The Balaban J connectivity index is 2.18. The molecule has 4 N–H and O–H groups in total. The minimum absolute atomic E-state index is 0.00145. The van der Waals surface area contributed by atoms with Gasteiger partial charge in [-0.05, 0) is 19.3 Å². The van der Waals surface area contributed by atoms with E-state index >= 15 is 0 Å². The van der Waals surface area contributed by atoms with Crippen molar-refractivity contribution in [3.8, 4) is 0 Å². The Morgan fingerprint density at radius 2 is 2.24 bits per heavy atom. The third-order valence-electron chi connectivity index (χ3n) is 3.32. The van der Waals surface area contributed by atoms with Gasteiger partial charge < -0.3 is 10.2 Å². The van der Waals surface area contributed by atoms with Crippen LogP contribution in [0.3, 0.4) is 0 Å². The van der Waals surface area contributed by atoms with Crippen molar-refractivity contribution in [2.24, 2.45) is 5.84 Å². The summed E-state index contributed by atoms with van der Waals surface area (Å²) in [5.74, 6) is 5.17. The van der Waals surface area contributed by atoms with Gasteiger partial charge in [0.25, 0.3) is 10.0 Å². The largest absolute Gasteiger partial charge is 0.381 e. The van der Waals surface area contributed by atoms with Crippen LogP contribution in [0.2, 0.25) is 0 Å². The molecular weight excluding hydrogens is 320 g/mol. The zero-order valence-electron chi connectivity index (χ0n) is 11.2. The molecule has 0 spiro atoms. The van der Waals surface area contributed by atoms with Gasteiger partial charge in [0.2, 0.25) is 0 Å². The average molecular weight is 336 g/mol. The molecule has 1 saturated carbocycles. The van der Waals surface area contributed by atoms with Crippen LogP contribution >= 0.6 is 11.3 Å². The molecule has 0 saturated heterocycles. The highest BCUT2D eigenvalue weighted by atomic mass is 32.2. The zero-order valence-corrected chi connectivity index (χ0v) is 12.9. The Labute approximate surface area is 125 Å². The first-order valence-corrected chi connectivity index (χ1v) is 8.47. The highest BCUT2D eigenvalue weighted by molar-refractivity contribution is 7.91. The number of hydrazine groups is 1. The normalized spacial score (nSPS) is 22.4. The molecule has 1 fully saturated rings. The number of hydrogen-bond acceptors (Lipinski definition) is 8. The van der Waals surface area contributed by atoms with Gasteiger partial charge in [-0.1, -0.05) is 11.3 Å². The number of thiophene rings is 1. The second-order valence-electron chi connectivity index (χ2n) is 4.67. The van der Waals surface area contributed by atoms with Crippen LogP contribution in [0.5, 0.6) is 0 Å². The van der Waals surface area contributed by atoms with Crippen LogP contribution < -0.4 is 16.0 Å². The first kappa shape index (κ1) is 16.1. The van der Waals surface area contributed by atoms with Crippen molar-refractivity contribution in [1.29, 1.82) is 0 Å². The van der Waals surface area contributed by atoms with Crippen LogP contribution in [0.1, 0.15) is 19.3 Å². The molecule has 0 bridgehead atoms. The van der Waals surface area contributed by atoms with Crippen LogP contribution in [0.15, 0.2) is 10.3 Å². The fraction of sp³-hybridized carbons (Fsp3) is 0.600. The smallest absolute Gasteiger partial charge is 0.306 e. The van der Waals surface area contributed by atoms with Crippen LogP contribution in [0.25, 0.3) is 0 Å². The van der Waals surface area contributed by atoms with Crippen LogP contribution in [-0.2, 0) is 14.8 Å². The van der Waals surface area contributed by atoms with E-state index in [1.807, 2.05) is 0 Å². The number of nitrogens with two attached hydrogens (primary N) is 1. The number of methoxy groups -OCH3 is 1. The van der Waals surface area contributed by atoms with Crippen molar-refractivity contribution < 1.29 is 18.1 Å². The quantitative estimate of drug-likeness (QED) is 0.397. The summed E-state index contributed by atoms with van der Waals surface area (Å²) in [4.78, 5) is 10.2. The summed E-state index contributed by atoms with van der Waals surface area (Å²) in [6.45, 7) is 0. The molecule has 1 heterocycles. The van der Waals surface area contributed by atoms with E-state index in [-0.39, 0.29) is 27.0 Å². The van der Waals surface area contributed by atoms with Gasteiger partial charge >= 0.3 is 5.69 Å². The van der Waals surface area contributed by atoms with Gasteiger partial charge in [-0.15, -0.1) is 0 Å². The van der Waals surface area contributed by atoms with Crippen LogP contribution in [0.4, 0.5) is 10.7 Å². The molecule has 1 aromatic heterocycles. The second kappa shape index (κ2) is 6.23. The summed E-state index contributed by atoms with van der Waals surface area (Å²) in [7, 11) is -2.22. The molecule has 9 nitrogen and oxygen atoms in total. The molecule has 1 aliphatic rings. The molecule has 0 aliphatic heterocycles. The molecular formula is C10H16N4O5S2. The molecule has 0 radical (unpaired) electrons. The Kier molecular flexibility index (Phi) is 4.78. The van der Waals surface area contributed by atoms with E-state index in [2.05, 4.69) is 10.1 Å². The lowest BCUT2D eigenvalue weighted by Crippen LogP contribution is -2.33. The number of nitrogens with zero attached hydrogens (tertiary/aromatic N) is 1. The maximum absolute atomic E-state index is 12.3. The predicted molar refractivity (Wildman–Crippen MR) is 77.5 cm³/mol. The van der Waals surface area contributed by atoms with Crippen molar-refractivity contribution in [1.82, 2.24) is 4.72 Å². The molecule has 0 amide bonds. The number of rotatable bonds is 6. The lowest BCUT2D eigenvalue weighted by Gasteiger charge is -2.12. The van der Waals surface area contributed by atoms with Crippen molar-refractivity contribution >= 4 is 32.0 Å². The molecule has 1 aliphatic carbocycles. The van der Waals surface area contributed by atoms with Crippen molar-refractivity contribution in [3.05, 3.63) is 16.2 Å². The number of nitrogens with one attached hydrogen (secondary N) is 2. The summed E-state index contributed by atoms with van der Waals surface area (Å²) in [6, 6.07) is 0.778. The van der Waals surface area contributed by atoms with Gasteiger partial charge in [0.15, 0.2) is 5.00 Å². The van der Waals surface area contributed by atoms with Crippen LogP contribution in [-0.4, -0.2) is 32.6 Å². The monoisotopic (exact) mass is 336 g/mol. The number of ether oxygens (including phenoxy) is 1. The van der Waals surface area contributed by atoms with Crippen molar-refractivity contribution in [2.75, 3.05) is 12.5 Å². The van der Waals surface area contributed by atoms with Gasteiger partial charge in [0.1, 0.15) is 4.21 Å². The summed E-state index contributed by atoms with van der Waals surface area (Å²) >= 11 is 0.725. The first-order chi connectivity index (χ1) is 9.87. The van der Waals surface area contributed by atoms with Crippen LogP contribution in [0, 0.1) is 10.1 Å². The summed E-state index contributed by atoms with van der Waals surface area (Å²) in [6.07, 6.45) is 2.08. The highest BCUT2D eigenvalue weighted by Gasteiger charge is 2.31. The number of nitrogen functional groups attached to an aromatic ring is 1. The average Bonchev–Trinajstić information content (AvgIpc) is 3.04. The number of nitro groups is 1. The second-order valence-corrected chi connectivity index (χ2v) is 7.66. The molecule has 21 heavy (non-hydrogen) atoms. The molecule has 2 unspecified atom stereocenters. The Bertz CT molecular complexity index is 629. The first-order valence-electron chi connectivity index (χ1n) is 6.17. The van der Waals surface area contributed by atoms with Gasteiger partial charge in [-0.3, -0.25) is 10.1 Å². The molecule has 2 atom stereocenters. The summed E-state index contributed by atoms with van der Waals surface area (Å²) < 4.78 is 32.1. The number of sulfonamides is 1. The summed E-state index contributed by atoms with van der Waals surface area (Å²) in [5, 5.41) is 10.8. The van der Waals surface area contributed by atoms with E-state index in [0.29, 0.717) is 12.8 Å². The van der Waals surface area contributed by atoms with Crippen molar-refractivity contribution in [3.63, 3.8) is 0 Å². The third-order valence-corrected chi connectivity index (χ3v) is 6.37. The molecule has 1 aromatic rings. The Morgan fingerprint density at radius 3 is 2.71 bits per heavy atom. The fourth-order valence-corrected chi connectivity index (χ4v) is 4.81. The molecule has 118 valence electrons. The van der Waals surface area contributed by atoms with E-state index in [1.54, 1.807) is 7.11 Å². The van der Waals surface area contributed by atoms with Gasteiger partial charge in [0.05, 0.1) is 11.0 Å². The Hall–Kier alpha value is -1.27. The van der Waals surface area contributed by atoms with Gasteiger partial charge in [-0.2, -0.15) is 0 Å². The molecule has 2 rings (SSSR count). The highest BCUT2D eigenvalue weighted by Crippen LogP contribution is 2.36. The van der Waals surface area contributed by atoms with E-state index in [0.717, 1.165) is 23.8 Å². The topological polar surface area (TPSA) is 137 Å². The zero-order chi connectivity index (χ0) is 15.6. The minimum Gasteiger partial charge on any atom is -0.381 e. The van der Waals surface area contributed by atoms with E-state index in [4.69, 9.17) is 10.6 Å². The van der Waals surface area contributed by atoms with Gasteiger partial charge in [-0.25, -0.2) is 19.0 Å². The maximum atomic E-state index is 12.3. The lowest BCUT2D eigenvalue weighted by molar-refractivity contribution is -0.383. The molecule has 11 heteroatoms. The van der Waals surface area contributed by atoms with E-state index < -0.39 is 14.9 Å². The van der Waals surface area contributed by atoms with E-state index in [9.17, 15) is 18.5 Å². The lowest BCUT2D eigenvalue weighted by atomic mass is 10.3. The SMILES string of the molecule is COC1CCC(NS(=O)(=O)c2cc([N+](=O)[O-])c(NN)s2)C1. The molecule has 0 aromatic carbocycles. The standard InChI is InChI=1S/C10H16N4O5S2/c1-19-7-3-2-6(4-7)13-21(17,18)9-5-8(14(15)16)10(12-11)20-9/h5-7,12-13H,2-4,11H2,1H3. The third kappa shape index (κ3) is 3.49.